The molecule has 1 aliphatic rings. The van der Waals surface area contributed by atoms with Crippen LogP contribution in [-0.4, -0.2) is 47.9 Å². The van der Waals surface area contributed by atoms with Crippen molar-refractivity contribution in [1.82, 2.24) is 4.31 Å². The first-order valence-corrected chi connectivity index (χ1v) is 6.79. The fourth-order valence-corrected chi connectivity index (χ4v) is 3.10. The number of carbonyl (C=O) groups is 2. The fourth-order valence-electron chi connectivity index (χ4n) is 1.66. The van der Waals surface area contributed by atoms with E-state index in [0.717, 1.165) is 10.6 Å². The molecule has 0 aliphatic heterocycles. The first-order valence-electron chi connectivity index (χ1n) is 4.94. The molecule has 0 bridgehead atoms. The minimum atomic E-state index is -3.54. The molecule has 0 radical (unpaired) electrons. The Hall–Kier alpha value is -0.950. The van der Waals surface area contributed by atoms with Gasteiger partial charge in [-0.1, -0.05) is 0 Å². The molecule has 1 unspecified atom stereocenters. The second-order valence-corrected chi connectivity index (χ2v) is 5.94. The van der Waals surface area contributed by atoms with Crippen LogP contribution in [0.25, 0.3) is 0 Å². The Labute approximate surface area is 94.3 Å². The molecule has 0 spiro atoms. The van der Waals surface area contributed by atoms with Crippen LogP contribution in [0.3, 0.4) is 0 Å². The van der Waals surface area contributed by atoms with Gasteiger partial charge in [-0.15, -0.1) is 0 Å². The van der Waals surface area contributed by atoms with E-state index in [1.165, 1.54) is 6.92 Å². The van der Waals surface area contributed by atoms with Crippen molar-refractivity contribution in [1.29, 1.82) is 0 Å². The predicted molar refractivity (Wildman–Crippen MR) is 56.4 cm³/mol. The molecule has 7 heteroatoms. The summed E-state index contributed by atoms with van der Waals surface area (Å²) < 4.78 is 24.1. The van der Waals surface area contributed by atoms with Crippen LogP contribution >= 0.6 is 0 Å². The molecule has 1 aliphatic carbocycles. The molecule has 16 heavy (non-hydrogen) atoms. The van der Waals surface area contributed by atoms with E-state index in [9.17, 15) is 18.0 Å². The number of carboxylic acids is 1. The monoisotopic (exact) mass is 249 g/mol. The van der Waals surface area contributed by atoms with Crippen LogP contribution < -0.4 is 0 Å². The van der Waals surface area contributed by atoms with Crippen LogP contribution in [0.4, 0.5) is 0 Å². The Morgan fingerprint density at radius 2 is 1.94 bits per heavy atom. The Morgan fingerprint density at radius 3 is 2.19 bits per heavy atom. The second-order valence-electron chi connectivity index (χ2n) is 4.05. The molecule has 0 amide bonds. The molecule has 0 heterocycles. The molecule has 1 atom stereocenters. The average molecular weight is 249 g/mol. The molecule has 0 aromatic rings. The van der Waals surface area contributed by atoms with Crippen molar-refractivity contribution >= 4 is 21.8 Å². The highest BCUT2D eigenvalue weighted by molar-refractivity contribution is 7.88. The predicted octanol–water partition coefficient (Wildman–Crippen LogP) is -0.157. The highest BCUT2D eigenvalue weighted by Gasteiger charge is 2.42. The van der Waals surface area contributed by atoms with Crippen LogP contribution in [0.1, 0.15) is 26.2 Å². The van der Waals surface area contributed by atoms with E-state index >= 15 is 0 Å². The third-order valence-electron chi connectivity index (χ3n) is 2.43. The first kappa shape index (κ1) is 13.1. The number of carboxylic acid groups (broad SMARTS) is 1. The van der Waals surface area contributed by atoms with E-state index in [-0.39, 0.29) is 6.04 Å². The van der Waals surface area contributed by atoms with E-state index < -0.39 is 34.2 Å². The maximum absolute atomic E-state index is 11.5. The number of nitrogens with zero attached hydrogens (tertiary/aromatic N) is 1. The van der Waals surface area contributed by atoms with Gasteiger partial charge in [0.15, 0.2) is 0 Å². The van der Waals surface area contributed by atoms with Crippen molar-refractivity contribution < 1.29 is 23.1 Å². The summed E-state index contributed by atoms with van der Waals surface area (Å²) in [6, 6.07) is -1.27. The average Bonchev–Trinajstić information content (AvgIpc) is 2.83. The van der Waals surface area contributed by atoms with Crippen LogP contribution in [0.5, 0.6) is 0 Å². The van der Waals surface area contributed by atoms with Crippen molar-refractivity contribution in [3.8, 4) is 0 Å². The lowest BCUT2D eigenvalue weighted by molar-refractivity contribution is -0.140. The number of hydrogen-bond acceptors (Lipinski definition) is 4. The maximum atomic E-state index is 11.5. The summed E-state index contributed by atoms with van der Waals surface area (Å²) in [4.78, 5) is 21.9. The summed E-state index contributed by atoms with van der Waals surface area (Å²) in [7, 11) is -3.54. The van der Waals surface area contributed by atoms with Crippen LogP contribution in [0.15, 0.2) is 0 Å². The van der Waals surface area contributed by atoms with Gasteiger partial charge in [-0.05, 0) is 19.8 Å². The van der Waals surface area contributed by atoms with Gasteiger partial charge in [-0.25, -0.2) is 8.42 Å². The number of carbonyl (C=O) groups excluding carboxylic acids is 1. The fraction of sp³-hybridized carbons (Fsp3) is 0.778. The number of rotatable bonds is 6. The van der Waals surface area contributed by atoms with E-state index in [1.54, 1.807) is 0 Å². The van der Waals surface area contributed by atoms with Gasteiger partial charge in [-0.3, -0.25) is 9.59 Å². The molecule has 0 aromatic heterocycles. The van der Waals surface area contributed by atoms with Gasteiger partial charge in [0, 0.05) is 6.04 Å². The van der Waals surface area contributed by atoms with E-state index in [2.05, 4.69) is 0 Å². The quantitative estimate of drug-likeness (QED) is 0.706. The van der Waals surface area contributed by atoms with Gasteiger partial charge in [0.2, 0.25) is 10.0 Å². The van der Waals surface area contributed by atoms with Crippen molar-refractivity contribution in [3.05, 3.63) is 0 Å². The van der Waals surface area contributed by atoms with Gasteiger partial charge >= 0.3 is 5.97 Å². The number of Topliss-reactive ketones (excluding diaryl/α,β-unsaturated/α-hetero) is 1. The van der Waals surface area contributed by atoms with Crippen LogP contribution in [0.2, 0.25) is 0 Å². The Morgan fingerprint density at radius 1 is 1.44 bits per heavy atom. The lowest BCUT2D eigenvalue weighted by atomic mass is 10.1. The van der Waals surface area contributed by atoms with Gasteiger partial charge in [0.25, 0.3) is 0 Å². The summed E-state index contributed by atoms with van der Waals surface area (Å²) in [5.41, 5.74) is 0. The second kappa shape index (κ2) is 4.50. The Balaban J connectivity index is 2.96. The summed E-state index contributed by atoms with van der Waals surface area (Å²) in [6.07, 6.45) is 1.91. The van der Waals surface area contributed by atoms with Crippen LogP contribution in [0, 0.1) is 0 Å². The smallest absolute Gasteiger partial charge is 0.305 e. The van der Waals surface area contributed by atoms with E-state index in [4.69, 9.17) is 5.11 Å². The van der Waals surface area contributed by atoms with Gasteiger partial charge in [0.1, 0.15) is 5.78 Å². The van der Waals surface area contributed by atoms with Crippen molar-refractivity contribution in [3.63, 3.8) is 0 Å². The number of ketones is 1. The minimum Gasteiger partial charge on any atom is -0.481 e. The highest BCUT2D eigenvalue weighted by atomic mass is 32.2. The summed E-state index contributed by atoms with van der Waals surface area (Å²) >= 11 is 0. The molecule has 1 N–H and O–H groups in total. The zero-order chi connectivity index (χ0) is 12.5. The molecule has 1 saturated carbocycles. The molecular weight excluding hydrogens is 234 g/mol. The van der Waals surface area contributed by atoms with Crippen LogP contribution in [-0.2, 0) is 19.6 Å². The molecule has 0 saturated heterocycles. The number of aliphatic carboxylic acids is 1. The molecule has 6 nitrogen and oxygen atoms in total. The topological polar surface area (TPSA) is 91.8 Å². The minimum absolute atomic E-state index is 0.205. The van der Waals surface area contributed by atoms with Gasteiger partial charge in [-0.2, -0.15) is 4.31 Å². The van der Waals surface area contributed by atoms with Gasteiger partial charge < -0.3 is 5.11 Å². The zero-order valence-electron chi connectivity index (χ0n) is 9.21. The summed E-state index contributed by atoms with van der Waals surface area (Å²) in [5.74, 6) is -1.60. The number of sulfonamides is 1. The molecule has 92 valence electrons. The molecule has 1 fully saturated rings. The normalized spacial score (nSPS) is 18.4. The zero-order valence-corrected chi connectivity index (χ0v) is 10.0. The van der Waals surface area contributed by atoms with Crippen molar-refractivity contribution in [2.24, 2.45) is 0 Å². The Kier molecular flexibility index (Phi) is 3.69. The third-order valence-corrected chi connectivity index (χ3v) is 3.75. The largest absolute Gasteiger partial charge is 0.481 e. The third kappa shape index (κ3) is 3.28. The SMILES string of the molecule is CC(=O)C(CC(=O)O)N(C1CC1)S(C)(=O)=O. The van der Waals surface area contributed by atoms with E-state index in [1.807, 2.05) is 0 Å². The summed E-state index contributed by atoms with van der Waals surface area (Å²) in [5, 5.41) is 8.68. The molecule has 0 aromatic carbocycles. The first-order chi connectivity index (χ1) is 7.23. The van der Waals surface area contributed by atoms with E-state index in [0.29, 0.717) is 12.8 Å². The molecule has 1 rings (SSSR count). The standard InChI is InChI=1S/C9H15NO5S/c1-6(11)8(5-9(12)13)10(7-3-4-7)16(2,14)15/h7-8H,3-5H2,1-2H3,(H,12,13). The van der Waals surface area contributed by atoms with Crippen molar-refractivity contribution in [2.75, 3.05) is 6.26 Å². The van der Waals surface area contributed by atoms with Crippen molar-refractivity contribution in [2.45, 2.75) is 38.3 Å². The Bertz CT molecular complexity index is 398. The maximum Gasteiger partial charge on any atom is 0.305 e. The summed E-state index contributed by atoms with van der Waals surface area (Å²) in [6.45, 7) is 1.22. The number of hydrogen-bond donors (Lipinski definition) is 1. The molecular formula is C9H15NO5S. The van der Waals surface area contributed by atoms with Gasteiger partial charge in [0.05, 0.1) is 18.7 Å². The lowest BCUT2D eigenvalue weighted by Crippen LogP contribution is -2.46. The lowest BCUT2D eigenvalue weighted by Gasteiger charge is -2.26. The highest BCUT2D eigenvalue weighted by Crippen LogP contribution is 2.31.